The van der Waals surface area contributed by atoms with Crippen molar-refractivity contribution in [2.24, 2.45) is 5.92 Å². The lowest BCUT2D eigenvalue weighted by molar-refractivity contribution is 0.318. The average molecular weight is 273 g/mol. The molecule has 0 radical (unpaired) electrons. The van der Waals surface area contributed by atoms with Crippen LogP contribution in [0.15, 0.2) is 23.1 Å². The smallest absolute Gasteiger partial charge is 0.228 e. The van der Waals surface area contributed by atoms with E-state index in [1.807, 2.05) is 7.05 Å². The van der Waals surface area contributed by atoms with Crippen LogP contribution in [0.2, 0.25) is 0 Å². The minimum Gasteiger partial charge on any atom is -0.339 e. The van der Waals surface area contributed by atoms with Crippen molar-refractivity contribution in [2.45, 2.75) is 38.1 Å². The summed E-state index contributed by atoms with van der Waals surface area (Å²) in [5.41, 5.74) is 0.692. The highest BCUT2D eigenvalue weighted by atomic mass is 16.5. The van der Waals surface area contributed by atoms with Crippen LogP contribution in [0, 0.1) is 5.92 Å². The van der Waals surface area contributed by atoms with Crippen LogP contribution in [0.5, 0.6) is 0 Å². The summed E-state index contributed by atoms with van der Waals surface area (Å²) in [6, 6.07) is 2.19. The highest BCUT2D eigenvalue weighted by Crippen LogP contribution is 2.29. The van der Waals surface area contributed by atoms with E-state index in [4.69, 9.17) is 4.52 Å². The van der Waals surface area contributed by atoms with Crippen molar-refractivity contribution in [3.05, 3.63) is 24.5 Å². The van der Waals surface area contributed by atoms with Gasteiger partial charge in [0.2, 0.25) is 11.7 Å². The van der Waals surface area contributed by atoms with E-state index in [0.29, 0.717) is 23.5 Å². The quantitative estimate of drug-likeness (QED) is 0.895. The molecule has 106 valence electrons. The third-order valence-electron chi connectivity index (χ3n) is 4.01. The second-order valence-electron chi connectivity index (χ2n) is 5.25. The van der Waals surface area contributed by atoms with E-state index in [-0.39, 0.29) is 0 Å². The molecule has 0 aliphatic heterocycles. The van der Waals surface area contributed by atoms with Crippen molar-refractivity contribution in [3.8, 4) is 11.5 Å². The minimum absolute atomic E-state index is 0.413. The number of nitrogens with one attached hydrogen (secondary N) is 1. The van der Waals surface area contributed by atoms with E-state index < -0.39 is 0 Å². The third kappa shape index (κ3) is 2.85. The van der Waals surface area contributed by atoms with Crippen LogP contribution in [-0.2, 0) is 6.42 Å². The van der Waals surface area contributed by atoms with E-state index in [0.717, 1.165) is 12.3 Å². The molecule has 6 nitrogen and oxygen atoms in total. The van der Waals surface area contributed by atoms with E-state index in [2.05, 4.69) is 25.4 Å². The Labute approximate surface area is 118 Å². The highest BCUT2D eigenvalue weighted by Gasteiger charge is 2.25. The summed E-state index contributed by atoms with van der Waals surface area (Å²) in [5, 5.41) is 7.38. The standard InChI is InChI=1S/C14H19N5O/c1-15-12(10-4-2-3-5-10)8-13-18-14(19-20-13)11-6-7-16-9-17-11/h6-7,9-10,12,15H,2-5,8H2,1H3. The molecule has 20 heavy (non-hydrogen) atoms. The number of hydrogen-bond donors (Lipinski definition) is 1. The van der Waals surface area contributed by atoms with Crippen LogP contribution in [0.4, 0.5) is 0 Å². The predicted octanol–water partition coefficient (Wildman–Crippen LogP) is 1.85. The first-order valence-electron chi connectivity index (χ1n) is 7.13. The SMILES string of the molecule is CNC(Cc1nc(-c2ccncn2)no1)C1CCCC1. The Bertz CT molecular complexity index is 536. The van der Waals surface area contributed by atoms with Gasteiger partial charge in [0, 0.05) is 18.7 Å². The van der Waals surface area contributed by atoms with Gasteiger partial charge in [-0.25, -0.2) is 9.97 Å². The van der Waals surface area contributed by atoms with Gasteiger partial charge in [-0.15, -0.1) is 0 Å². The molecule has 0 aromatic carbocycles. The van der Waals surface area contributed by atoms with Gasteiger partial charge >= 0.3 is 0 Å². The summed E-state index contributed by atoms with van der Waals surface area (Å²) in [4.78, 5) is 12.4. The minimum atomic E-state index is 0.413. The Balaban J connectivity index is 1.70. The molecule has 1 unspecified atom stereocenters. The summed E-state index contributed by atoms with van der Waals surface area (Å²) in [6.45, 7) is 0. The Morgan fingerprint density at radius 3 is 2.95 bits per heavy atom. The fourth-order valence-corrected chi connectivity index (χ4v) is 2.92. The van der Waals surface area contributed by atoms with Crippen molar-refractivity contribution in [2.75, 3.05) is 7.05 Å². The zero-order valence-electron chi connectivity index (χ0n) is 11.6. The predicted molar refractivity (Wildman–Crippen MR) is 73.8 cm³/mol. The first-order chi connectivity index (χ1) is 9.86. The zero-order chi connectivity index (χ0) is 13.8. The summed E-state index contributed by atoms with van der Waals surface area (Å²) in [7, 11) is 2.00. The van der Waals surface area contributed by atoms with Gasteiger partial charge in [0.25, 0.3) is 0 Å². The largest absolute Gasteiger partial charge is 0.339 e. The first-order valence-corrected chi connectivity index (χ1v) is 7.13. The molecule has 2 aromatic heterocycles. The molecule has 0 saturated heterocycles. The normalized spacial score (nSPS) is 17.4. The molecule has 1 aliphatic rings. The Kier molecular flexibility index (Phi) is 4.01. The Hall–Kier alpha value is -1.82. The zero-order valence-corrected chi connectivity index (χ0v) is 11.6. The highest BCUT2D eigenvalue weighted by molar-refractivity contribution is 5.46. The summed E-state index contributed by atoms with van der Waals surface area (Å²) < 4.78 is 5.35. The molecular formula is C14H19N5O. The molecule has 0 spiro atoms. The fraction of sp³-hybridized carbons (Fsp3) is 0.571. The molecular weight excluding hydrogens is 254 g/mol. The van der Waals surface area contributed by atoms with E-state index in [1.54, 1.807) is 12.3 Å². The Morgan fingerprint density at radius 2 is 2.25 bits per heavy atom. The number of nitrogens with zero attached hydrogens (tertiary/aromatic N) is 4. The average Bonchev–Trinajstić information content (AvgIpc) is 3.17. The molecule has 2 aromatic rings. The van der Waals surface area contributed by atoms with Gasteiger partial charge in [0.05, 0.1) is 0 Å². The lowest BCUT2D eigenvalue weighted by atomic mass is 9.95. The van der Waals surface area contributed by atoms with Crippen LogP contribution >= 0.6 is 0 Å². The maximum atomic E-state index is 5.35. The monoisotopic (exact) mass is 273 g/mol. The van der Waals surface area contributed by atoms with Crippen molar-refractivity contribution in [1.82, 2.24) is 25.4 Å². The van der Waals surface area contributed by atoms with Gasteiger partial charge in [-0.2, -0.15) is 4.98 Å². The molecule has 1 aliphatic carbocycles. The number of aromatic nitrogens is 4. The fourth-order valence-electron chi connectivity index (χ4n) is 2.92. The van der Waals surface area contributed by atoms with Crippen molar-refractivity contribution < 1.29 is 4.52 Å². The second kappa shape index (κ2) is 6.09. The van der Waals surface area contributed by atoms with Gasteiger partial charge in [-0.05, 0) is 31.9 Å². The molecule has 0 bridgehead atoms. The molecule has 1 N–H and O–H groups in total. The molecule has 1 atom stereocenters. The van der Waals surface area contributed by atoms with Gasteiger partial charge in [0.15, 0.2) is 0 Å². The lowest BCUT2D eigenvalue weighted by Gasteiger charge is -2.20. The van der Waals surface area contributed by atoms with Crippen LogP contribution in [0.3, 0.4) is 0 Å². The second-order valence-corrected chi connectivity index (χ2v) is 5.25. The number of rotatable bonds is 5. The molecule has 1 fully saturated rings. The summed E-state index contributed by atoms with van der Waals surface area (Å²) in [5.74, 6) is 1.92. The van der Waals surface area contributed by atoms with Crippen molar-refractivity contribution in [1.29, 1.82) is 0 Å². The van der Waals surface area contributed by atoms with Crippen LogP contribution in [-0.4, -0.2) is 33.2 Å². The van der Waals surface area contributed by atoms with Gasteiger partial charge in [-0.3, -0.25) is 0 Å². The molecule has 0 amide bonds. The van der Waals surface area contributed by atoms with Crippen molar-refractivity contribution >= 4 is 0 Å². The molecule has 1 saturated carbocycles. The number of likely N-dealkylation sites (N-methyl/N-ethyl adjacent to an activating group) is 1. The lowest BCUT2D eigenvalue weighted by Crippen LogP contribution is -2.34. The van der Waals surface area contributed by atoms with E-state index >= 15 is 0 Å². The summed E-state index contributed by atoms with van der Waals surface area (Å²) >= 11 is 0. The molecule has 2 heterocycles. The van der Waals surface area contributed by atoms with Gasteiger partial charge in [-0.1, -0.05) is 18.0 Å². The maximum absolute atomic E-state index is 5.35. The first kappa shape index (κ1) is 13.2. The van der Waals surface area contributed by atoms with Crippen molar-refractivity contribution in [3.63, 3.8) is 0 Å². The summed E-state index contributed by atoms with van der Waals surface area (Å²) in [6.07, 6.45) is 9.18. The van der Waals surface area contributed by atoms with Gasteiger partial charge < -0.3 is 9.84 Å². The maximum Gasteiger partial charge on any atom is 0.228 e. The number of hydrogen-bond acceptors (Lipinski definition) is 6. The van der Waals surface area contributed by atoms with Crippen LogP contribution in [0.1, 0.15) is 31.6 Å². The van der Waals surface area contributed by atoms with Crippen LogP contribution < -0.4 is 5.32 Å². The van der Waals surface area contributed by atoms with E-state index in [1.165, 1.54) is 32.0 Å². The third-order valence-corrected chi connectivity index (χ3v) is 4.01. The topological polar surface area (TPSA) is 76.7 Å². The van der Waals surface area contributed by atoms with E-state index in [9.17, 15) is 0 Å². The van der Waals surface area contributed by atoms with Gasteiger partial charge in [0.1, 0.15) is 12.0 Å². The Morgan fingerprint density at radius 1 is 1.40 bits per heavy atom. The molecule has 3 rings (SSSR count). The van der Waals surface area contributed by atoms with Crippen LogP contribution in [0.25, 0.3) is 11.5 Å². The molecule has 6 heteroatoms.